The molecule has 0 aromatic heterocycles. The van der Waals surface area contributed by atoms with Crippen LogP contribution >= 0.6 is 0 Å². The highest BCUT2D eigenvalue weighted by molar-refractivity contribution is 6.62. The summed E-state index contributed by atoms with van der Waals surface area (Å²) in [6, 6.07) is 8.19. The monoisotopic (exact) mass is 247 g/mol. The van der Waals surface area contributed by atoms with E-state index in [2.05, 4.69) is 39.8 Å². The molecule has 1 aromatic carbocycles. The molecule has 18 heavy (non-hydrogen) atoms. The Morgan fingerprint density at radius 3 is 2.17 bits per heavy atom. The van der Waals surface area contributed by atoms with E-state index < -0.39 is 0 Å². The van der Waals surface area contributed by atoms with Crippen molar-refractivity contribution < 1.29 is 9.31 Å². The summed E-state index contributed by atoms with van der Waals surface area (Å²) in [5.74, 6) is 0. The van der Waals surface area contributed by atoms with Gasteiger partial charge in [-0.25, -0.2) is 0 Å². The quantitative estimate of drug-likeness (QED) is 0.823. The van der Waals surface area contributed by atoms with Crippen molar-refractivity contribution in [2.24, 2.45) is 5.73 Å². The fourth-order valence-electron chi connectivity index (χ4n) is 2.12. The molecule has 1 aromatic rings. The summed E-state index contributed by atoms with van der Waals surface area (Å²) in [5.41, 5.74) is 7.36. The predicted molar refractivity (Wildman–Crippen MR) is 74.9 cm³/mol. The maximum Gasteiger partial charge on any atom is 0.495 e. The third-order valence-corrected chi connectivity index (χ3v) is 3.98. The van der Waals surface area contributed by atoms with E-state index in [9.17, 15) is 0 Å². The van der Waals surface area contributed by atoms with E-state index >= 15 is 0 Å². The average Bonchev–Trinajstić information content (AvgIpc) is 2.49. The van der Waals surface area contributed by atoms with Gasteiger partial charge in [0.2, 0.25) is 0 Å². The van der Waals surface area contributed by atoms with Gasteiger partial charge in [0.1, 0.15) is 0 Å². The third kappa shape index (κ3) is 2.33. The van der Waals surface area contributed by atoms with E-state index in [0.29, 0.717) is 6.54 Å². The van der Waals surface area contributed by atoms with Gasteiger partial charge >= 0.3 is 7.12 Å². The van der Waals surface area contributed by atoms with Gasteiger partial charge in [-0.3, -0.25) is 0 Å². The number of hydrogen-bond donors (Lipinski definition) is 1. The van der Waals surface area contributed by atoms with Crippen molar-refractivity contribution in [3.8, 4) is 0 Å². The summed E-state index contributed by atoms with van der Waals surface area (Å²) >= 11 is 0. The molecule has 1 aliphatic heterocycles. The smallest absolute Gasteiger partial charge is 0.399 e. The van der Waals surface area contributed by atoms with Crippen molar-refractivity contribution in [3.05, 3.63) is 29.8 Å². The Bertz CT molecular complexity index is 416. The Morgan fingerprint density at radius 1 is 1.06 bits per heavy atom. The zero-order chi connectivity index (χ0) is 13.4. The van der Waals surface area contributed by atoms with E-state index in [1.807, 2.05) is 12.1 Å². The van der Waals surface area contributed by atoms with Crippen molar-refractivity contribution in [2.75, 3.05) is 6.54 Å². The zero-order valence-corrected chi connectivity index (χ0v) is 11.7. The van der Waals surface area contributed by atoms with Crippen LogP contribution in [0.25, 0.3) is 0 Å². The van der Waals surface area contributed by atoms with Crippen LogP contribution in [0.5, 0.6) is 0 Å². The van der Waals surface area contributed by atoms with Crippen LogP contribution in [0.4, 0.5) is 0 Å². The molecular formula is C14H22BNO2. The van der Waals surface area contributed by atoms with Crippen LogP contribution in [0.2, 0.25) is 0 Å². The second-order valence-electron chi connectivity index (χ2n) is 5.83. The first-order valence-corrected chi connectivity index (χ1v) is 6.51. The summed E-state index contributed by atoms with van der Waals surface area (Å²) in [6.07, 6.45) is 0.847. The van der Waals surface area contributed by atoms with Crippen molar-refractivity contribution in [2.45, 2.75) is 45.3 Å². The molecule has 1 saturated heterocycles. The minimum Gasteiger partial charge on any atom is -0.399 e. The number of rotatable bonds is 3. The molecule has 0 amide bonds. The highest BCUT2D eigenvalue weighted by Gasteiger charge is 2.52. The SMILES string of the molecule is CC1(C)OB(c2ccccc2CCN)OC1(C)C. The van der Waals surface area contributed by atoms with Gasteiger partial charge in [0.05, 0.1) is 11.2 Å². The molecule has 2 rings (SSSR count). The van der Waals surface area contributed by atoms with Gasteiger partial charge in [0, 0.05) is 0 Å². The fourth-order valence-corrected chi connectivity index (χ4v) is 2.12. The van der Waals surface area contributed by atoms with Crippen LogP contribution in [0, 0.1) is 0 Å². The van der Waals surface area contributed by atoms with Crippen molar-refractivity contribution in [1.82, 2.24) is 0 Å². The molecule has 1 heterocycles. The number of benzene rings is 1. The molecule has 0 saturated carbocycles. The minimum atomic E-state index is -0.298. The first kappa shape index (κ1) is 13.6. The van der Waals surface area contributed by atoms with Crippen LogP contribution in [-0.4, -0.2) is 24.9 Å². The van der Waals surface area contributed by atoms with Crippen molar-refractivity contribution >= 4 is 12.6 Å². The van der Waals surface area contributed by atoms with Gasteiger partial charge < -0.3 is 15.0 Å². The van der Waals surface area contributed by atoms with E-state index in [0.717, 1.165) is 11.9 Å². The van der Waals surface area contributed by atoms with Crippen LogP contribution in [-0.2, 0) is 15.7 Å². The molecule has 0 bridgehead atoms. The van der Waals surface area contributed by atoms with Crippen molar-refractivity contribution in [1.29, 1.82) is 0 Å². The lowest BCUT2D eigenvalue weighted by Crippen LogP contribution is -2.41. The maximum absolute atomic E-state index is 6.07. The highest BCUT2D eigenvalue weighted by atomic mass is 16.7. The standard InChI is InChI=1S/C14H22BNO2/c1-13(2)14(3,4)18-15(17-13)12-8-6-5-7-11(12)9-10-16/h5-8H,9-10,16H2,1-4H3. The second kappa shape index (κ2) is 4.69. The van der Waals surface area contributed by atoms with E-state index in [1.165, 1.54) is 5.56 Å². The van der Waals surface area contributed by atoms with Crippen LogP contribution in [0.1, 0.15) is 33.3 Å². The maximum atomic E-state index is 6.07. The molecule has 3 nitrogen and oxygen atoms in total. The molecule has 2 N–H and O–H groups in total. The van der Waals surface area contributed by atoms with Gasteiger partial charge in [-0.2, -0.15) is 0 Å². The average molecular weight is 247 g/mol. The molecular weight excluding hydrogens is 225 g/mol. The largest absolute Gasteiger partial charge is 0.495 e. The molecule has 0 radical (unpaired) electrons. The summed E-state index contributed by atoms with van der Waals surface area (Å²) in [5, 5.41) is 0. The topological polar surface area (TPSA) is 44.5 Å². The van der Waals surface area contributed by atoms with Gasteiger partial charge in [0.15, 0.2) is 0 Å². The normalized spacial score (nSPS) is 21.3. The number of nitrogens with two attached hydrogens (primary N) is 1. The van der Waals surface area contributed by atoms with Crippen molar-refractivity contribution in [3.63, 3.8) is 0 Å². The highest BCUT2D eigenvalue weighted by Crippen LogP contribution is 2.36. The van der Waals surface area contributed by atoms with Crippen LogP contribution in [0.15, 0.2) is 24.3 Å². The third-order valence-electron chi connectivity index (χ3n) is 3.98. The Hall–Kier alpha value is -0.835. The summed E-state index contributed by atoms with van der Waals surface area (Å²) < 4.78 is 12.1. The first-order chi connectivity index (χ1) is 8.37. The molecule has 1 fully saturated rings. The van der Waals surface area contributed by atoms with Gasteiger partial charge in [-0.1, -0.05) is 24.3 Å². The van der Waals surface area contributed by atoms with Gasteiger partial charge in [-0.15, -0.1) is 0 Å². The molecule has 0 atom stereocenters. The zero-order valence-electron chi connectivity index (χ0n) is 11.7. The lowest BCUT2D eigenvalue weighted by Gasteiger charge is -2.32. The van der Waals surface area contributed by atoms with Gasteiger partial charge in [0.25, 0.3) is 0 Å². The molecule has 98 valence electrons. The lowest BCUT2D eigenvalue weighted by atomic mass is 9.75. The lowest BCUT2D eigenvalue weighted by molar-refractivity contribution is 0.00578. The predicted octanol–water partition coefficient (Wildman–Crippen LogP) is 1.49. The summed E-state index contributed by atoms with van der Waals surface area (Å²) in [6.45, 7) is 8.91. The molecule has 4 heteroatoms. The first-order valence-electron chi connectivity index (χ1n) is 6.51. The summed E-state index contributed by atoms with van der Waals surface area (Å²) in [4.78, 5) is 0. The Morgan fingerprint density at radius 2 is 1.61 bits per heavy atom. The van der Waals surface area contributed by atoms with Gasteiger partial charge in [-0.05, 0) is 51.7 Å². The van der Waals surface area contributed by atoms with E-state index in [4.69, 9.17) is 15.0 Å². The Balaban J connectivity index is 2.29. The Kier molecular flexibility index (Phi) is 3.54. The minimum absolute atomic E-state index is 0.294. The second-order valence-corrected chi connectivity index (χ2v) is 5.83. The molecule has 0 spiro atoms. The summed E-state index contributed by atoms with van der Waals surface area (Å²) in [7, 11) is -0.294. The fraction of sp³-hybridized carbons (Fsp3) is 0.571. The van der Waals surface area contributed by atoms with Crippen LogP contribution in [0.3, 0.4) is 0 Å². The molecule has 0 aliphatic carbocycles. The van der Waals surface area contributed by atoms with Crippen LogP contribution < -0.4 is 11.2 Å². The van der Waals surface area contributed by atoms with E-state index in [-0.39, 0.29) is 18.3 Å². The Labute approximate surface area is 110 Å². The number of hydrogen-bond acceptors (Lipinski definition) is 3. The molecule has 1 aliphatic rings. The molecule has 0 unspecified atom stereocenters. The van der Waals surface area contributed by atoms with E-state index in [1.54, 1.807) is 0 Å².